The molecule has 1 aliphatic heterocycles. The third-order valence-electron chi connectivity index (χ3n) is 3.71. The molecule has 1 aliphatic rings. The molecule has 2 heteroatoms. The molecule has 0 N–H and O–H groups in total. The van der Waals surface area contributed by atoms with Gasteiger partial charge in [0.2, 0.25) is 5.78 Å². The molecule has 0 aliphatic carbocycles. The highest BCUT2D eigenvalue weighted by Crippen LogP contribution is 2.29. The van der Waals surface area contributed by atoms with Gasteiger partial charge < -0.3 is 4.74 Å². The Hall–Kier alpha value is -2.35. The molecule has 0 radical (unpaired) electrons. The van der Waals surface area contributed by atoms with Gasteiger partial charge in [0.1, 0.15) is 0 Å². The van der Waals surface area contributed by atoms with Crippen LogP contribution in [0.15, 0.2) is 72.5 Å². The van der Waals surface area contributed by atoms with Crippen LogP contribution >= 0.6 is 0 Å². The Morgan fingerprint density at radius 1 is 0.905 bits per heavy atom. The van der Waals surface area contributed by atoms with Gasteiger partial charge >= 0.3 is 0 Å². The number of Topliss-reactive ketones (excluding diaryl/α,β-unsaturated/α-hetero) is 1. The second-order valence-electron chi connectivity index (χ2n) is 5.18. The van der Waals surface area contributed by atoms with Crippen molar-refractivity contribution in [3.8, 4) is 0 Å². The number of ketones is 1. The summed E-state index contributed by atoms with van der Waals surface area (Å²) in [4.78, 5) is 12.9. The van der Waals surface area contributed by atoms with E-state index >= 15 is 0 Å². The molecule has 0 atom stereocenters. The van der Waals surface area contributed by atoms with Crippen LogP contribution in [0.1, 0.15) is 29.9 Å². The van der Waals surface area contributed by atoms with E-state index in [1.165, 1.54) is 0 Å². The van der Waals surface area contributed by atoms with Gasteiger partial charge in [0, 0.05) is 0 Å². The molecule has 0 fully saturated rings. The van der Waals surface area contributed by atoms with Crippen molar-refractivity contribution in [2.75, 3.05) is 6.61 Å². The molecular weight excluding hydrogens is 260 g/mol. The largest absolute Gasteiger partial charge is 0.490 e. The van der Waals surface area contributed by atoms with E-state index in [-0.39, 0.29) is 11.7 Å². The molecule has 2 aromatic rings. The zero-order valence-corrected chi connectivity index (χ0v) is 11.9. The van der Waals surface area contributed by atoms with E-state index < -0.39 is 0 Å². The maximum atomic E-state index is 12.9. The standard InChI is InChI=1S/C19H18O2/c20-19(17-13-7-8-14-21-17)18(15-9-3-1-4-10-15)16-11-5-2-6-12-16/h1-6,9-13,18H,7-8,14H2. The number of hydrogen-bond donors (Lipinski definition) is 0. The molecule has 0 amide bonds. The minimum atomic E-state index is -0.295. The normalized spacial score (nSPS) is 14.4. The maximum Gasteiger partial charge on any atom is 0.208 e. The zero-order chi connectivity index (χ0) is 14.5. The van der Waals surface area contributed by atoms with Crippen molar-refractivity contribution in [1.82, 2.24) is 0 Å². The van der Waals surface area contributed by atoms with Gasteiger partial charge in [-0.1, -0.05) is 60.7 Å². The highest BCUT2D eigenvalue weighted by molar-refractivity contribution is 6.01. The number of benzene rings is 2. The van der Waals surface area contributed by atoms with E-state index in [2.05, 4.69) is 0 Å². The lowest BCUT2D eigenvalue weighted by Crippen LogP contribution is -2.20. The van der Waals surface area contributed by atoms with E-state index in [9.17, 15) is 4.79 Å². The number of carbonyl (C=O) groups excluding carboxylic acids is 1. The molecule has 2 aromatic carbocycles. The zero-order valence-electron chi connectivity index (χ0n) is 11.9. The van der Waals surface area contributed by atoms with Crippen molar-refractivity contribution in [3.63, 3.8) is 0 Å². The van der Waals surface area contributed by atoms with Crippen molar-refractivity contribution >= 4 is 5.78 Å². The molecule has 0 bridgehead atoms. The van der Waals surface area contributed by atoms with E-state index in [1.807, 2.05) is 66.7 Å². The summed E-state index contributed by atoms with van der Waals surface area (Å²) in [5.41, 5.74) is 2.01. The fourth-order valence-corrected chi connectivity index (χ4v) is 2.66. The van der Waals surface area contributed by atoms with Crippen LogP contribution in [0.2, 0.25) is 0 Å². The molecule has 0 spiro atoms. The fraction of sp³-hybridized carbons (Fsp3) is 0.211. The second kappa shape index (κ2) is 6.40. The summed E-state index contributed by atoms with van der Waals surface area (Å²) in [6.45, 7) is 0.633. The second-order valence-corrected chi connectivity index (χ2v) is 5.18. The quantitative estimate of drug-likeness (QED) is 0.842. The topological polar surface area (TPSA) is 26.3 Å². The molecule has 0 aromatic heterocycles. The number of ether oxygens (including phenoxy) is 1. The Bertz CT molecular complexity index is 590. The molecule has 0 unspecified atom stereocenters. The lowest BCUT2D eigenvalue weighted by Gasteiger charge is -2.21. The van der Waals surface area contributed by atoms with E-state index in [0.29, 0.717) is 12.4 Å². The first-order valence-corrected chi connectivity index (χ1v) is 7.33. The summed E-state index contributed by atoms with van der Waals surface area (Å²) in [6.07, 6.45) is 3.82. The van der Waals surface area contributed by atoms with Gasteiger partial charge in [0.15, 0.2) is 5.76 Å². The van der Waals surface area contributed by atoms with Crippen LogP contribution in [0.3, 0.4) is 0 Å². The highest BCUT2D eigenvalue weighted by atomic mass is 16.5. The molecule has 1 heterocycles. The Balaban J connectivity index is 2.00. The predicted octanol–water partition coefficient (Wildman–Crippen LogP) is 4.08. The highest BCUT2D eigenvalue weighted by Gasteiger charge is 2.27. The van der Waals surface area contributed by atoms with Crippen LogP contribution < -0.4 is 0 Å². The van der Waals surface area contributed by atoms with Crippen molar-refractivity contribution in [1.29, 1.82) is 0 Å². The first kappa shape index (κ1) is 13.6. The SMILES string of the molecule is O=C(C1=CCCCO1)C(c1ccccc1)c1ccccc1. The molecule has 3 rings (SSSR count). The van der Waals surface area contributed by atoms with Crippen LogP contribution in [-0.4, -0.2) is 12.4 Å². The minimum Gasteiger partial charge on any atom is -0.490 e. The molecule has 0 saturated heterocycles. The minimum absolute atomic E-state index is 0.0482. The molecule has 106 valence electrons. The maximum absolute atomic E-state index is 12.9. The summed E-state index contributed by atoms with van der Waals surface area (Å²) < 4.78 is 5.58. The summed E-state index contributed by atoms with van der Waals surface area (Å²) in [6, 6.07) is 19.8. The number of hydrogen-bond acceptors (Lipinski definition) is 2. The monoisotopic (exact) mass is 278 g/mol. The average molecular weight is 278 g/mol. The van der Waals surface area contributed by atoms with Crippen LogP contribution in [-0.2, 0) is 9.53 Å². The summed E-state index contributed by atoms with van der Waals surface area (Å²) in [5, 5.41) is 0. The third kappa shape index (κ3) is 3.05. The smallest absolute Gasteiger partial charge is 0.208 e. The average Bonchev–Trinajstić information content (AvgIpc) is 2.58. The summed E-state index contributed by atoms with van der Waals surface area (Å²) >= 11 is 0. The Kier molecular flexibility index (Phi) is 4.15. The van der Waals surface area contributed by atoms with Crippen LogP contribution in [0.25, 0.3) is 0 Å². The van der Waals surface area contributed by atoms with E-state index in [1.54, 1.807) is 0 Å². The first-order valence-electron chi connectivity index (χ1n) is 7.33. The van der Waals surface area contributed by atoms with Gasteiger partial charge in [-0.25, -0.2) is 0 Å². The number of rotatable bonds is 4. The first-order chi connectivity index (χ1) is 10.4. The summed E-state index contributed by atoms with van der Waals surface area (Å²) in [7, 11) is 0. The van der Waals surface area contributed by atoms with Gasteiger partial charge in [-0.2, -0.15) is 0 Å². The van der Waals surface area contributed by atoms with Gasteiger partial charge in [0.05, 0.1) is 12.5 Å². The van der Waals surface area contributed by atoms with E-state index in [0.717, 1.165) is 24.0 Å². The van der Waals surface area contributed by atoms with Crippen LogP contribution in [0.5, 0.6) is 0 Å². The Morgan fingerprint density at radius 3 is 1.95 bits per heavy atom. The lowest BCUT2D eigenvalue weighted by molar-refractivity contribution is -0.119. The van der Waals surface area contributed by atoms with Gasteiger partial charge in [-0.15, -0.1) is 0 Å². The Labute approximate surface area is 125 Å². The van der Waals surface area contributed by atoms with Crippen LogP contribution in [0, 0.1) is 0 Å². The van der Waals surface area contributed by atoms with Gasteiger partial charge in [-0.3, -0.25) is 4.79 Å². The molecule has 2 nitrogen and oxygen atoms in total. The predicted molar refractivity (Wildman–Crippen MR) is 83.0 cm³/mol. The molecule has 0 saturated carbocycles. The van der Waals surface area contributed by atoms with Gasteiger partial charge in [-0.05, 0) is 30.0 Å². The van der Waals surface area contributed by atoms with Crippen molar-refractivity contribution in [2.24, 2.45) is 0 Å². The fourth-order valence-electron chi connectivity index (χ4n) is 2.66. The number of allylic oxidation sites excluding steroid dienone is 2. The number of carbonyl (C=O) groups is 1. The lowest BCUT2D eigenvalue weighted by atomic mass is 9.86. The van der Waals surface area contributed by atoms with Gasteiger partial charge in [0.25, 0.3) is 0 Å². The van der Waals surface area contributed by atoms with E-state index in [4.69, 9.17) is 4.74 Å². The molecular formula is C19H18O2. The van der Waals surface area contributed by atoms with Crippen molar-refractivity contribution < 1.29 is 9.53 Å². The summed E-state index contributed by atoms with van der Waals surface area (Å²) in [5.74, 6) is 0.266. The molecule has 21 heavy (non-hydrogen) atoms. The third-order valence-corrected chi connectivity index (χ3v) is 3.71. The van der Waals surface area contributed by atoms with Crippen LogP contribution in [0.4, 0.5) is 0 Å². The Morgan fingerprint density at radius 2 is 1.48 bits per heavy atom. The van der Waals surface area contributed by atoms with Crippen molar-refractivity contribution in [3.05, 3.63) is 83.6 Å². The van der Waals surface area contributed by atoms with Crippen molar-refractivity contribution in [2.45, 2.75) is 18.8 Å².